The van der Waals surface area contributed by atoms with Crippen LogP contribution in [0.3, 0.4) is 0 Å². The number of nitrogens with two attached hydrogens (primary N) is 1. The Balaban J connectivity index is 2.31. The summed E-state index contributed by atoms with van der Waals surface area (Å²) in [4.78, 5) is 0.859. The molecule has 5 nitrogen and oxygen atoms in total. The van der Waals surface area contributed by atoms with Crippen molar-refractivity contribution in [3.63, 3.8) is 0 Å². The molecule has 0 radical (unpaired) electrons. The van der Waals surface area contributed by atoms with Gasteiger partial charge in [-0.25, -0.2) is 8.42 Å². The number of benzene rings is 1. The molecule has 0 bridgehead atoms. The number of hydrogen-bond acceptors (Lipinski definition) is 5. The lowest BCUT2D eigenvalue weighted by Crippen LogP contribution is -2.14. The number of anilines is 1. The van der Waals surface area contributed by atoms with E-state index in [9.17, 15) is 8.42 Å². The largest absolute Gasteiger partial charge is 0.497 e. The van der Waals surface area contributed by atoms with Crippen LogP contribution in [0, 0.1) is 0 Å². The summed E-state index contributed by atoms with van der Waals surface area (Å²) in [5.74, 6) is 0.588. The number of rotatable bonds is 5. The van der Waals surface area contributed by atoms with Crippen molar-refractivity contribution in [1.29, 1.82) is 0 Å². The summed E-state index contributed by atoms with van der Waals surface area (Å²) in [6.07, 6.45) is 0. The highest BCUT2D eigenvalue weighted by atomic mass is 32.2. The molecule has 0 spiro atoms. The molecule has 0 atom stereocenters. The molecule has 0 unspecified atom stereocenters. The van der Waals surface area contributed by atoms with Crippen molar-refractivity contribution in [3.8, 4) is 5.75 Å². The third-order valence-electron chi connectivity index (χ3n) is 2.50. The number of nitrogens with one attached hydrogen (secondary N) is 1. The Morgan fingerprint density at radius 2 is 2.16 bits per heavy atom. The van der Waals surface area contributed by atoms with Crippen molar-refractivity contribution < 1.29 is 13.2 Å². The van der Waals surface area contributed by atoms with Crippen LogP contribution >= 0.6 is 11.3 Å². The first-order valence-corrected chi connectivity index (χ1v) is 7.86. The maximum absolute atomic E-state index is 12.2. The predicted octanol–water partition coefficient (Wildman–Crippen LogP) is 2.02. The van der Waals surface area contributed by atoms with Gasteiger partial charge in [0.05, 0.1) is 12.8 Å². The number of methoxy groups -OCH3 is 1. The second-order valence-corrected chi connectivity index (χ2v) is 6.40. The molecule has 0 amide bonds. The fourth-order valence-electron chi connectivity index (χ4n) is 1.61. The second kappa shape index (κ2) is 5.60. The summed E-state index contributed by atoms with van der Waals surface area (Å²) >= 11 is 1.33. The average molecular weight is 298 g/mol. The molecule has 1 aromatic carbocycles. The van der Waals surface area contributed by atoms with E-state index in [1.807, 2.05) is 0 Å². The maximum atomic E-state index is 12.2. The van der Waals surface area contributed by atoms with Crippen molar-refractivity contribution in [3.05, 3.63) is 40.6 Å². The Morgan fingerprint density at radius 3 is 2.84 bits per heavy atom. The van der Waals surface area contributed by atoms with E-state index in [0.717, 1.165) is 0 Å². The van der Waals surface area contributed by atoms with E-state index in [1.165, 1.54) is 18.4 Å². The van der Waals surface area contributed by atoms with E-state index in [4.69, 9.17) is 10.5 Å². The minimum atomic E-state index is -3.61. The van der Waals surface area contributed by atoms with E-state index in [0.29, 0.717) is 16.3 Å². The van der Waals surface area contributed by atoms with Crippen LogP contribution in [-0.4, -0.2) is 15.5 Å². The first-order chi connectivity index (χ1) is 9.06. The first-order valence-electron chi connectivity index (χ1n) is 5.50. The van der Waals surface area contributed by atoms with Gasteiger partial charge in [0.15, 0.2) is 0 Å². The molecule has 0 fully saturated rings. The smallest absolute Gasteiger partial charge is 0.263 e. The Labute approximate surface area is 116 Å². The van der Waals surface area contributed by atoms with Crippen LogP contribution in [0.1, 0.15) is 4.88 Å². The highest BCUT2D eigenvalue weighted by Crippen LogP contribution is 2.25. The van der Waals surface area contributed by atoms with E-state index < -0.39 is 10.0 Å². The van der Waals surface area contributed by atoms with Crippen LogP contribution in [0.15, 0.2) is 40.6 Å². The number of thiophene rings is 1. The molecule has 2 aromatic rings. The molecule has 1 aromatic heterocycles. The summed E-state index contributed by atoms with van der Waals surface area (Å²) < 4.78 is 32.0. The van der Waals surface area contributed by atoms with Crippen LogP contribution in [0.2, 0.25) is 0 Å². The number of sulfonamides is 1. The third kappa shape index (κ3) is 3.06. The number of hydrogen-bond donors (Lipinski definition) is 2. The molecule has 0 aliphatic carbocycles. The van der Waals surface area contributed by atoms with Gasteiger partial charge in [0.1, 0.15) is 10.6 Å². The monoisotopic (exact) mass is 298 g/mol. The Morgan fingerprint density at radius 1 is 1.37 bits per heavy atom. The quantitative estimate of drug-likeness (QED) is 0.885. The molecule has 2 rings (SSSR count). The van der Waals surface area contributed by atoms with Gasteiger partial charge >= 0.3 is 0 Å². The second-order valence-electron chi connectivity index (χ2n) is 3.75. The highest BCUT2D eigenvalue weighted by molar-refractivity contribution is 7.93. The number of ether oxygens (including phenoxy) is 1. The molecule has 0 saturated heterocycles. The topological polar surface area (TPSA) is 81.4 Å². The van der Waals surface area contributed by atoms with Crippen LogP contribution in [0.4, 0.5) is 5.69 Å². The molecular formula is C12H14N2O3S2. The molecule has 0 aliphatic heterocycles. The Kier molecular flexibility index (Phi) is 4.08. The van der Waals surface area contributed by atoms with Crippen molar-refractivity contribution >= 4 is 27.0 Å². The normalized spacial score (nSPS) is 11.3. The highest BCUT2D eigenvalue weighted by Gasteiger charge is 2.19. The van der Waals surface area contributed by atoms with Crippen molar-refractivity contribution in [2.24, 2.45) is 5.73 Å². The standard InChI is InChI=1S/C12H14N2O3S2/c1-17-10-4-2-3-9(7-10)14-19(15,16)12-5-6-18-11(12)8-13/h2-7,14H,8,13H2,1H3. The van der Waals surface area contributed by atoms with Gasteiger partial charge in [0, 0.05) is 17.5 Å². The molecule has 19 heavy (non-hydrogen) atoms. The van der Waals surface area contributed by atoms with E-state index in [-0.39, 0.29) is 11.4 Å². The van der Waals surface area contributed by atoms with E-state index in [2.05, 4.69) is 4.72 Å². The minimum Gasteiger partial charge on any atom is -0.497 e. The molecule has 102 valence electrons. The summed E-state index contributed by atoms with van der Waals surface area (Å²) in [5.41, 5.74) is 5.98. The van der Waals surface area contributed by atoms with Crippen LogP contribution in [0.5, 0.6) is 5.75 Å². The van der Waals surface area contributed by atoms with Gasteiger partial charge in [-0.15, -0.1) is 11.3 Å². The van der Waals surface area contributed by atoms with Gasteiger partial charge in [0.25, 0.3) is 10.0 Å². The zero-order chi connectivity index (χ0) is 13.9. The van der Waals surface area contributed by atoms with Crippen LogP contribution in [-0.2, 0) is 16.6 Å². The molecule has 0 saturated carbocycles. The van der Waals surface area contributed by atoms with Crippen LogP contribution < -0.4 is 15.2 Å². The van der Waals surface area contributed by atoms with Crippen LogP contribution in [0.25, 0.3) is 0 Å². The van der Waals surface area contributed by atoms with E-state index >= 15 is 0 Å². The molecular weight excluding hydrogens is 284 g/mol. The molecule has 1 heterocycles. The molecule has 0 aliphatic rings. The van der Waals surface area contributed by atoms with Gasteiger partial charge in [-0.05, 0) is 23.6 Å². The maximum Gasteiger partial charge on any atom is 0.263 e. The SMILES string of the molecule is COc1cccc(NS(=O)(=O)c2ccsc2CN)c1. The Bertz CT molecular complexity index is 665. The third-order valence-corrected chi connectivity index (χ3v) is 5.04. The summed E-state index contributed by atoms with van der Waals surface area (Å²) in [6, 6.07) is 8.29. The Hall–Kier alpha value is -1.57. The van der Waals surface area contributed by atoms with Gasteiger partial charge in [-0.2, -0.15) is 0 Å². The van der Waals surface area contributed by atoms with Gasteiger partial charge < -0.3 is 10.5 Å². The van der Waals surface area contributed by atoms with Gasteiger partial charge in [-0.1, -0.05) is 6.07 Å². The van der Waals surface area contributed by atoms with Crippen molar-refractivity contribution in [2.45, 2.75) is 11.4 Å². The summed E-state index contributed by atoms with van der Waals surface area (Å²) in [5, 5.41) is 1.71. The summed E-state index contributed by atoms with van der Waals surface area (Å²) in [6.45, 7) is 0.200. The van der Waals surface area contributed by atoms with E-state index in [1.54, 1.807) is 35.7 Å². The molecule has 7 heteroatoms. The fraction of sp³-hybridized carbons (Fsp3) is 0.167. The lowest BCUT2D eigenvalue weighted by molar-refractivity contribution is 0.415. The fourth-order valence-corrected chi connectivity index (χ4v) is 4.00. The lowest BCUT2D eigenvalue weighted by atomic mass is 10.3. The first kappa shape index (κ1) is 13.9. The predicted molar refractivity (Wildman–Crippen MR) is 76.0 cm³/mol. The zero-order valence-corrected chi connectivity index (χ0v) is 11.9. The average Bonchev–Trinajstić information content (AvgIpc) is 2.87. The van der Waals surface area contributed by atoms with Crippen molar-refractivity contribution in [2.75, 3.05) is 11.8 Å². The molecule has 3 N–H and O–H groups in total. The van der Waals surface area contributed by atoms with Gasteiger partial charge in [-0.3, -0.25) is 4.72 Å². The minimum absolute atomic E-state index is 0.200. The zero-order valence-electron chi connectivity index (χ0n) is 10.3. The summed E-state index contributed by atoms with van der Waals surface area (Å²) in [7, 11) is -2.09. The van der Waals surface area contributed by atoms with Gasteiger partial charge in [0.2, 0.25) is 0 Å². The van der Waals surface area contributed by atoms with Crippen molar-refractivity contribution in [1.82, 2.24) is 0 Å². The lowest BCUT2D eigenvalue weighted by Gasteiger charge is -2.09.